The zero-order valence-electron chi connectivity index (χ0n) is 14.6. The van der Waals surface area contributed by atoms with Gasteiger partial charge >= 0.3 is 0 Å². The molecule has 0 fully saturated rings. The minimum absolute atomic E-state index is 0.176. The number of benzene rings is 2. The summed E-state index contributed by atoms with van der Waals surface area (Å²) in [4.78, 5) is 15.7. The second-order valence-corrected chi connectivity index (χ2v) is 7.45. The molecule has 4 nitrogen and oxygen atoms in total. The highest BCUT2D eigenvalue weighted by atomic mass is 35.5. The van der Waals surface area contributed by atoms with Gasteiger partial charge in [-0.05, 0) is 68.3 Å². The molecule has 26 heavy (non-hydrogen) atoms. The molecule has 6 heteroatoms. The fraction of sp³-hybridized carbons (Fsp3) is 0.250. The Morgan fingerprint density at radius 3 is 2.54 bits per heavy atom. The SMILES string of the molecule is CC(C)(Oc1ccc(Cl)cc1)C(=O)NCCc1c[nH]c2ccc(Cl)cc12. The van der Waals surface area contributed by atoms with Crippen molar-refractivity contribution in [3.05, 3.63) is 64.3 Å². The maximum absolute atomic E-state index is 12.5. The van der Waals surface area contributed by atoms with Crippen molar-refractivity contribution in [2.75, 3.05) is 6.54 Å². The van der Waals surface area contributed by atoms with E-state index in [1.165, 1.54) is 0 Å². The number of halogens is 2. The molecule has 2 aromatic carbocycles. The third-order valence-corrected chi connectivity index (χ3v) is 4.63. The van der Waals surface area contributed by atoms with Gasteiger partial charge in [0.05, 0.1) is 0 Å². The van der Waals surface area contributed by atoms with Crippen LogP contribution in [0.2, 0.25) is 10.0 Å². The number of aromatic nitrogens is 1. The number of rotatable bonds is 6. The molecule has 1 amide bonds. The monoisotopic (exact) mass is 390 g/mol. The van der Waals surface area contributed by atoms with Gasteiger partial charge in [-0.25, -0.2) is 0 Å². The van der Waals surface area contributed by atoms with E-state index in [0.717, 1.165) is 16.5 Å². The summed E-state index contributed by atoms with van der Waals surface area (Å²) in [6.07, 6.45) is 2.64. The van der Waals surface area contributed by atoms with Crippen molar-refractivity contribution in [3.63, 3.8) is 0 Å². The number of carbonyl (C=O) groups is 1. The van der Waals surface area contributed by atoms with Crippen LogP contribution in [0.5, 0.6) is 5.75 Å². The predicted molar refractivity (Wildman–Crippen MR) is 106 cm³/mol. The zero-order valence-corrected chi connectivity index (χ0v) is 16.1. The van der Waals surface area contributed by atoms with E-state index >= 15 is 0 Å². The first-order valence-corrected chi connectivity index (χ1v) is 9.09. The highest BCUT2D eigenvalue weighted by Crippen LogP contribution is 2.23. The molecule has 0 bridgehead atoms. The normalized spacial score (nSPS) is 11.5. The number of aromatic amines is 1. The molecule has 0 atom stereocenters. The van der Waals surface area contributed by atoms with Crippen molar-refractivity contribution >= 4 is 40.0 Å². The van der Waals surface area contributed by atoms with Crippen LogP contribution in [0.4, 0.5) is 0 Å². The van der Waals surface area contributed by atoms with Crippen molar-refractivity contribution in [3.8, 4) is 5.75 Å². The Labute approximate surface area is 162 Å². The highest BCUT2D eigenvalue weighted by molar-refractivity contribution is 6.31. The summed E-state index contributed by atoms with van der Waals surface area (Å²) in [7, 11) is 0. The van der Waals surface area contributed by atoms with Crippen LogP contribution in [0.3, 0.4) is 0 Å². The van der Waals surface area contributed by atoms with E-state index in [1.54, 1.807) is 38.1 Å². The number of amides is 1. The maximum Gasteiger partial charge on any atom is 0.263 e. The summed E-state index contributed by atoms with van der Waals surface area (Å²) in [5.41, 5.74) is 1.15. The van der Waals surface area contributed by atoms with Gasteiger partial charge in [0, 0.05) is 33.7 Å². The first-order chi connectivity index (χ1) is 12.3. The molecule has 1 heterocycles. The summed E-state index contributed by atoms with van der Waals surface area (Å²) in [6.45, 7) is 3.98. The number of nitrogens with one attached hydrogen (secondary N) is 2. The summed E-state index contributed by atoms with van der Waals surface area (Å²) in [5, 5.41) is 5.33. The molecular weight excluding hydrogens is 371 g/mol. The summed E-state index contributed by atoms with van der Waals surface area (Å²) in [5.74, 6) is 0.422. The van der Waals surface area contributed by atoms with Gasteiger partial charge in [-0.1, -0.05) is 23.2 Å². The number of ether oxygens (including phenoxy) is 1. The highest BCUT2D eigenvalue weighted by Gasteiger charge is 2.29. The lowest BCUT2D eigenvalue weighted by molar-refractivity contribution is -0.134. The van der Waals surface area contributed by atoms with Crippen molar-refractivity contribution in [2.45, 2.75) is 25.9 Å². The van der Waals surface area contributed by atoms with Crippen LogP contribution in [-0.2, 0) is 11.2 Å². The van der Waals surface area contributed by atoms with E-state index in [9.17, 15) is 4.79 Å². The Balaban J connectivity index is 1.58. The molecule has 0 spiro atoms. The maximum atomic E-state index is 12.5. The van der Waals surface area contributed by atoms with Crippen LogP contribution in [0.25, 0.3) is 10.9 Å². The van der Waals surface area contributed by atoms with E-state index in [4.69, 9.17) is 27.9 Å². The molecule has 0 saturated heterocycles. The lowest BCUT2D eigenvalue weighted by atomic mass is 10.1. The number of fused-ring (bicyclic) bond motifs is 1. The van der Waals surface area contributed by atoms with Crippen LogP contribution in [-0.4, -0.2) is 23.0 Å². The van der Waals surface area contributed by atoms with Crippen LogP contribution in [0.1, 0.15) is 19.4 Å². The molecule has 0 saturated carbocycles. The van der Waals surface area contributed by atoms with Gasteiger partial charge in [-0.3, -0.25) is 4.79 Å². The van der Waals surface area contributed by atoms with Crippen LogP contribution >= 0.6 is 23.2 Å². The molecule has 0 radical (unpaired) electrons. The third-order valence-electron chi connectivity index (χ3n) is 4.14. The molecule has 0 aliphatic carbocycles. The molecule has 1 aromatic heterocycles. The predicted octanol–water partition coefficient (Wildman–Crippen LogP) is 4.99. The Morgan fingerprint density at radius 1 is 1.12 bits per heavy atom. The standard InChI is InChI=1S/C20H20Cl2N2O2/c1-20(2,26-16-6-3-14(21)4-7-16)19(25)23-10-9-13-12-24-18-8-5-15(22)11-17(13)18/h3-8,11-12,24H,9-10H2,1-2H3,(H,23,25). The van der Waals surface area contributed by atoms with E-state index in [2.05, 4.69) is 10.3 Å². The fourth-order valence-corrected chi connectivity index (χ4v) is 3.02. The molecule has 2 N–H and O–H groups in total. The lowest BCUT2D eigenvalue weighted by Crippen LogP contribution is -2.47. The van der Waals surface area contributed by atoms with Crippen LogP contribution in [0.15, 0.2) is 48.7 Å². The molecule has 136 valence electrons. The Bertz CT molecular complexity index is 917. The molecule has 0 aliphatic rings. The van der Waals surface area contributed by atoms with Crippen molar-refractivity contribution in [2.24, 2.45) is 0 Å². The van der Waals surface area contributed by atoms with Gasteiger partial charge in [0.2, 0.25) is 0 Å². The first kappa shape index (κ1) is 18.6. The topological polar surface area (TPSA) is 54.1 Å². The average molecular weight is 391 g/mol. The van der Waals surface area contributed by atoms with Crippen molar-refractivity contribution in [1.29, 1.82) is 0 Å². The van der Waals surface area contributed by atoms with Gasteiger partial charge in [-0.15, -0.1) is 0 Å². The number of hydrogen-bond donors (Lipinski definition) is 2. The minimum atomic E-state index is -0.989. The Kier molecular flexibility index (Phi) is 5.44. The fourth-order valence-electron chi connectivity index (χ4n) is 2.72. The van der Waals surface area contributed by atoms with E-state index in [-0.39, 0.29) is 5.91 Å². The largest absolute Gasteiger partial charge is 0.478 e. The molecule has 0 aliphatic heterocycles. The smallest absolute Gasteiger partial charge is 0.263 e. The number of carbonyl (C=O) groups excluding carboxylic acids is 1. The van der Waals surface area contributed by atoms with Gasteiger partial charge in [0.1, 0.15) is 5.75 Å². The van der Waals surface area contributed by atoms with Crippen molar-refractivity contribution in [1.82, 2.24) is 10.3 Å². The quantitative estimate of drug-likeness (QED) is 0.622. The third kappa shape index (κ3) is 4.32. The molecule has 3 rings (SSSR count). The number of H-pyrrole nitrogens is 1. The minimum Gasteiger partial charge on any atom is -0.478 e. The zero-order chi connectivity index (χ0) is 18.7. The molecule has 0 unspecified atom stereocenters. The van der Waals surface area contributed by atoms with Crippen LogP contribution in [0, 0.1) is 0 Å². The van der Waals surface area contributed by atoms with Crippen molar-refractivity contribution < 1.29 is 9.53 Å². The molecular formula is C20H20Cl2N2O2. The first-order valence-electron chi connectivity index (χ1n) is 8.33. The summed E-state index contributed by atoms with van der Waals surface area (Å²) < 4.78 is 5.80. The van der Waals surface area contributed by atoms with E-state index < -0.39 is 5.60 Å². The number of hydrogen-bond acceptors (Lipinski definition) is 2. The van der Waals surface area contributed by atoms with Gasteiger partial charge in [0.25, 0.3) is 5.91 Å². The van der Waals surface area contributed by atoms with Crippen LogP contribution < -0.4 is 10.1 Å². The summed E-state index contributed by atoms with van der Waals surface area (Å²) >= 11 is 11.9. The Morgan fingerprint density at radius 2 is 1.81 bits per heavy atom. The van der Waals surface area contributed by atoms with Gasteiger partial charge < -0.3 is 15.0 Å². The van der Waals surface area contributed by atoms with E-state index in [1.807, 2.05) is 24.4 Å². The summed E-state index contributed by atoms with van der Waals surface area (Å²) in [6, 6.07) is 12.7. The second kappa shape index (κ2) is 7.60. The van der Waals surface area contributed by atoms with E-state index in [0.29, 0.717) is 28.8 Å². The van der Waals surface area contributed by atoms with Gasteiger partial charge in [-0.2, -0.15) is 0 Å². The Hall–Kier alpha value is -2.17. The average Bonchev–Trinajstić information content (AvgIpc) is 2.99. The second-order valence-electron chi connectivity index (χ2n) is 6.58. The lowest BCUT2D eigenvalue weighted by Gasteiger charge is -2.25. The van der Waals surface area contributed by atoms with Gasteiger partial charge in [0.15, 0.2) is 5.60 Å². The molecule has 3 aromatic rings.